The van der Waals surface area contributed by atoms with Gasteiger partial charge in [-0.2, -0.15) is 0 Å². The topological polar surface area (TPSA) is 78.7 Å². The number of carbonyl (C=O) groups excluding carboxylic acids is 2. The fourth-order valence-corrected chi connectivity index (χ4v) is 3.81. The summed E-state index contributed by atoms with van der Waals surface area (Å²) in [6.07, 6.45) is 1.19. The number of nitrogens with one attached hydrogen (secondary N) is 1. The first-order valence-corrected chi connectivity index (χ1v) is 10.5. The second-order valence-corrected chi connectivity index (χ2v) is 8.83. The molecule has 162 valence electrons. The summed E-state index contributed by atoms with van der Waals surface area (Å²) >= 11 is 0. The largest absolute Gasteiger partial charge is 0.361 e. The summed E-state index contributed by atoms with van der Waals surface area (Å²) in [5.74, 6) is 0.741. The Bertz CT molecular complexity index is 848. The van der Waals surface area contributed by atoms with Crippen molar-refractivity contribution in [3.8, 4) is 0 Å². The molecule has 1 N–H and O–H groups in total. The summed E-state index contributed by atoms with van der Waals surface area (Å²) in [5, 5.41) is 6.98. The third-order valence-electron chi connectivity index (χ3n) is 5.67. The molecule has 0 saturated carbocycles. The average Bonchev–Trinajstić information content (AvgIpc) is 3.04. The molecule has 0 aliphatic carbocycles. The van der Waals surface area contributed by atoms with Crippen molar-refractivity contribution in [1.29, 1.82) is 0 Å². The lowest BCUT2D eigenvalue weighted by atomic mass is 9.86. The van der Waals surface area contributed by atoms with E-state index in [-0.39, 0.29) is 17.4 Å². The zero-order chi connectivity index (χ0) is 21.7. The fourth-order valence-electron chi connectivity index (χ4n) is 3.81. The fraction of sp³-hybridized carbons (Fsp3) is 0.522. The number of carbonyl (C=O) groups is 2. The molecule has 0 bridgehead atoms. The number of hydrogen-bond donors (Lipinski definition) is 1. The molecule has 7 nitrogen and oxygen atoms in total. The van der Waals surface area contributed by atoms with Crippen molar-refractivity contribution in [1.82, 2.24) is 20.3 Å². The van der Waals surface area contributed by atoms with Gasteiger partial charge in [0.2, 0.25) is 5.91 Å². The van der Waals surface area contributed by atoms with E-state index in [4.69, 9.17) is 4.52 Å². The summed E-state index contributed by atoms with van der Waals surface area (Å²) in [6, 6.07) is 10.3. The Kier molecular flexibility index (Phi) is 6.80. The van der Waals surface area contributed by atoms with Crippen molar-refractivity contribution in [3.05, 3.63) is 52.9 Å². The van der Waals surface area contributed by atoms with E-state index in [1.165, 1.54) is 5.56 Å². The maximum absolute atomic E-state index is 12.6. The molecule has 2 aromatic rings. The second-order valence-electron chi connectivity index (χ2n) is 8.83. The molecule has 30 heavy (non-hydrogen) atoms. The summed E-state index contributed by atoms with van der Waals surface area (Å²) in [4.78, 5) is 28.8. The van der Waals surface area contributed by atoms with E-state index in [0.717, 1.165) is 17.7 Å². The van der Waals surface area contributed by atoms with Crippen molar-refractivity contribution in [2.75, 3.05) is 32.7 Å². The molecular formula is C23H32N4O3. The van der Waals surface area contributed by atoms with E-state index in [2.05, 4.69) is 36.5 Å². The first-order chi connectivity index (χ1) is 14.2. The van der Waals surface area contributed by atoms with Crippen molar-refractivity contribution in [2.24, 2.45) is 5.41 Å². The Labute approximate surface area is 178 Å². The number of urea groups is 1. The third-order valence-corrected chi connectivity index (χ3v) is 5.67. The monoisotopic (exact) mass is 412 g/mol. The lowest BCUT2D eigenvalue weighted by Crippen LogP contribution is -2.54. The number of nitrogens with zero attached hydrogens (tertiary/aromatic N) is 3. The second kappa shape index (κ2) is 9.32. The van der Waals surface area contributed by atoms with Gasteiger partial charge in [0.05, 0.1) is 12.1 Å². The zero-order valence-corrected chi connectivity index (χ0v) is 18.4. The molecule has 0 spiro atoms. The van der Waals surface area contributed by atoms with Crippen molar-refractivity contribution >= 4 is 11.9 Å². The van der Waals surface area contributed by atoms with Gasteiger partial charge in [-0.3, -0.25) is 4.79 Å². The molecule has 1 aromatic carbocycles. The predicted octanol–water partition coefficient (Wildman–Crippen LogP) is 2.96. The molecule has 1 aliphatic rings. The van der Waals surface area contributed by atoms with E-state index < -0.39 is 0 Å². The highest BCUT2D eigenvalue weighted by atomic mass is 16.5. The molecule has 0 atom stereocenters. The van der Waals surface area contributed by atoms with Gasteiger partial charge in [-0.1, -0.05) is 49.3 Å². The van der Waals surface area contributed by atoms with Gasteiger partial charge >= 0.3 is 6.03 Å². The van der Waals surface area contributed by atoms with Gasteiger partial charge in [0.15, 0.2) is 0 Å². The standard InChI is InChI=1S/C23H32N4O3/c1-17-20(18(2)30-25-17)14-21(28)26-10-12-27(13-11-26)22(29)24-16-23(3,4)15-19-8-6-5-7-9-19/h5-9H,10-16H2,1-4H3,(H,24,29). The van der Waals surface area contributed by atoms with Gasteiger partial charge in [-0.15, -0.1) is 0 Å². The molecule has 3 amide bonds. The molecule has 1 aliphatic heterocycles. The molecule has 1 saturated heterocycles. The van der Waals surface area contributed by atoms with Crippen molar-refractivity contribution in [3.63, 3.8) is 0 Å². The molecule has 1 fully saturated rings. The van der Waals surface area contributed by atoms with Crippen LogP contribution in [-0.4, -0.2) is 59.6 Å². The van der Waals surface area contributed by atoms with Crippen LogP contribution in [0.3, 0.4) is 0 Å². The van der Waals surface area contributed by atoms with Crippen LogP contribution >= 0.6 is 0 Å². The predicted molar refractivity (Wildman–Crippen MR) is 115 cm³/mol. The molecule has 0 radical (unpaired) electrons. The third kappa shape index (κ3) is 5.62. The van der Waals surface area contributed by atoms with Crippen LogP contribution < -0.4 is 5.32 Å². The van der Waals surface area contributed by atoms with Crippen molar-refractivity contribution in [2.45, 2.75) is 40.5 Å². The smallest absolute Gasteiger partial charge is 0.317 e. The minimum atomic E-state index is -0.0611. The lowest BCUT2D eigenvalue weighted by Gasteiger charge is -2.35. The van der Waals surface area contributed by atoms with E-state index in [9.17, 15) is 9.59 Å². The van der Waals surface area contributed by atoms with Crippen molar-refractivity contribution < 1.29 is 14.1 Å². The van der Waals surface area contributed by atoms with E-state index >= 15 is 0 Å². The van der Waals surface area contributed by atoms with Crippen LogP contribution in [0, 0.1) is 19.3 Å². The van der Waals surface area contributed by atoms with E-state index in [1.54, 1.807) is 4.90 Å². The quantitative estimate of drug-likeness (QED) is 0.791. The highest BCUT2D eigenvalue weighted by Crippen LogP contribution is 2.21. The first-order valence-electron chi connectivity index (χ1n) is 10.5. The Morgan fingerprint density at radius 3 is 2.30 bits per heavy atom. The molecule has 1 aromatic heterocycles. The van der Waals surface area contributed by atoms with E-state index in [0.29, 0.717) is 44.9 Å². The van der Waals surface area contributed by atoms with Crippen LogP contribution in [0.4, 0.5) is 4.79 Å². The van der Waals surface area contributed by atoms with Gasteiger partial charge in [0.1, 0.15) is 5.76 Å². The van der Waals surface area contributed by atoms with Crippen LogP contribution in [-0.2, 0) is 17.6 Å². The van der Waals surface area contributed by atoms with Gasteiger partial charge in [0.25, 0.3) is 0 Å². The summed E-state index contributed by atoms with van der Waals surface area (Å²) in [6.45, 7) is 10.8. The Balaban J connectivity index is 1.44. The van der Waals surface area contributed by atoms with Gasteiger partial charge in [-0.05, 0) is 31.2 Å². The average molecular weight is 413 g/mol. The molecule has 3 rings (SSSR count). The number of aryl methyl sites for hydroxylation is 2. The highest BCUT2D eigenvalue weighted by Gasteiger charge is 2.27. The van der Waals surface area contributed by atoms with E-state index in [1.807, 2.05) is 36.9 Å². The maximum Gasteiger partial charge on any atom is 0.317 e. The summed E-state index contributed by atoms with van der Waals surface area (Å²) in [7, 11) is 0. The van der Waals surface area contributed by atoms with Crippen LogP contribution in [0.1, 0.15) is 36.4 Å². The summed E-state index contributed by atoms with van der Waals surface area (Å²) in [5.41, 5.74) is 2.85. The van der Waals surface area contributed by atoms with Gasteiger partial charge in [-0.25, -0.2) is 4.79 Å². The number of hydrogen-bond acceptors (Lipinski definition) is 4. The SMILES string of the molecule is Cc1noc(C)c1CC(=O)N1CCN(C(=O)NCC(C)(C)Cc2ccccc2)CC1. The number of aromatic nitrogens is 1. The Hall–Kier alpha value is -2.83. The minimum Gasteiger partial charge on any atom is -0.361 e. The molecule has 7 heteroatoms. The zero-order valence-electron chi connectivity index (χ0n) is 18.4. The maximum atomic E-state index is 12.6. The van der Waals surface area contributed by atoms with Gasteiger partial charge < -0.3 is 19.6 Å². The number of rotatable bonds is 6. The summed E-state index contributed by atoms with van der Waals surface area (Å²) < 4.78 is 5.14. The van der Waals surface area contributed by atoms with Crippen LogP contribution in [0.15, 0.2) is 34.9 Å². The van der Waals surface area contributed by atoms with Crippen LogP contribution in [0.5, 0.6) is 0 Å². The highest BCUT2D eigenvalue weighted by molar-refractivity contribution is 5.80. The Morgan fingerprint density at radius 1 is 1.07 bits per heavy atom. The normalized spacial score (nSPS) is 14.7. The van der Waals surface area contributed by atoms with Crippen LogP contribution in [0.2, 0.25) is 0 Å². The minimum absolute atomic E-state index is 0.0385. The first kappa shape index (κ1) is 21.9. The lowest BCUT2D eigenvalue weighted by molar-refractivity contribution is -0.131. The molecule has 0 unspecified atom stereocenters. The number of piperazine rings is 1. The van der Waals surface area contributed by atoms with Crippen LogP contribution in [0.25, 0.3) is 0 Å². The van der Waals surface area contributed by atoms with Gasteiger partial charge in [0, 0.05) is 38.3 Å². The number of benzene rings is 1. The number of amides is 3. The molecule has 2 heterocycles. The molecular weight excluding hydrogens is 380 g/mol. The Morgan fingerprint density at radius 2 is 1.70 bits per heavy atom.